The van der Waals surface area contributed by atoms with Crippen molar-refractivity contribution in [1.82, 2.24) is 4.98 Å². The van der Waals surface area contributed by atoms with E-state index in [2.05, 4.69) is 10.3 Å². The van der Waals surface area contributed by atoms with Crippen molar-refractivity contribution in [2.24, 2.45) is 5.73 Å². The van der Waals surface area contributed by atoms with Gasteiger partial charge in [-0.15, -0.1) is 0 Å². The summed E-state index contributed by atoms with van der Waals surface area (Å²) in [5.74, 6) is -2.29. The lowest BCUT2D eigenvalue weighted by Crippen LogP contribution is -2.17. The molecule has 0 saturated heterocycles. The summed E-state index contributed by atoms with van der Waals surface area (Å²) in [6.07, 6.45) is -3.43. The number of carbonyl (C=O) groups is 2. The number of methoxy groups -OCH3 is 1. The number of carbonyl (C=O) groups excluding carboxylic acids is 2. The van der Waals surface area contributed by atoms with Crippen LogP contribution in [0.4, 0.5) is 23.2 Å². The van der Waals surface area contributed by atoms with Crippen LogP contribution in [0.25, 0.3) is 11.1 Å². The van der Waals surface area contributed by atoms with Crippen molar-refractivity contribution in [3.05, 3.63) is 77.4 Å². The highest BCUT2D eigenvalue weighted by Gasteiger charge is 2.32. The van der Waals surface area contributed by atoms with Crippen molar-refractivity contribution < 1.29 is 31.9 Å². The lowest BCUT2D eigenvalue weighted by molar-refractivity contribution is -0.137. The minimum absolute atomic E-state index is 0.0479. The normalized spacial score (nSPS) is 11.1. The van der Waals surface area contributed by atoms with Crippen LogP contribution in [0.15, 0.2) is 54.7 Å². The summed E-state index contributed by atoms with van der Waals surface area (Å²) in [6.45, 7) is 0. The fourth-order valence-corrected chi connectivity index (χ4v) is 2.87. The van der Waals surface area contributed by atoms with E-state index in [4.69, 9.17) is 10.5 Å². The van der Waals surface area contributed by atoms with Gasteiger partial charge in [-0.05, 0) is 48.0 Å². The molecule has 0 radical (unpaired) electrons. The topological polar surface area (TPSA) is 94.3 Å². The fourth-order valence-electron chi connectivity index (χ4n) is 2.87. The van der Waals surface area contributed by atoms with Crippen LogP contribution in [-0.2, 0) is 6.18 Å². The SMILES string of the molecule is COc1cc(F)ccc1-c1cc(C(F)(F)F)ccc1C(=O)Nc1ccnc(C(N)=O)c1. The van der Waals surface area contributed by atoms with Crippen molar-refractivity contribution in [1.29, 1.82) is 0 Å². The monoisotopic (exact) mass is 433 g/mol. The van der Waals surface area contributed by atoms with E-state index in [0.717, 1.165) is 30.3 Å². The number of aromatic nitrogens is 1. The molecule has 0 unspecified atom stereocenters. The van der Waals surface area contributed by atoms with E-state index in [-0.39, 0.29) is 33.8 Å². The minimum atomic E-state index is -4.67. The molecule has 10 heteroatoms. The van der Waals surface area contributed by atoms with E-state index >= 15 is 0 Å². The highest BCUT2D eigenvalue weighted by Crippen LogP contribution is 2.38. The van der Waals surface area contributed by atoms with E-state index in [9.17, 15) is 27.2 Å². The number of alkyl halides is 3. The highest BCUT2D eigenvalue weighted by atomic mass is 19.4. The van der Waals surface area contributed by atoms with E-state index in [0.29, 0.717) is 0 Å². The Balaban J connectivity index is 2.11. The Morgan fingerprint density at radius 1 is 1.03 bits per heavy atom. The van der Waals surface area contributed by atoms with Gasteiger partial charge in [0.15, 0.2) is 0 Å². The molecule has 0 aliphatic rings. The number of amides is 2. The van der Waals surface area contributed by atoms with Gasteiger partial charge in [0.2, 0.25) is 0 Å². The molecular weight excluding hydrogens is 418 g/mol. The second kappa shape index (κ2) is 8.42. The van der Waals surface area contributed by atoms with Gasteiger partial charge in [-0.3, -0.25) is 14.6 Å². The van der Waals surface area contributed by atoms with Crippen molar-refractivity contribution >= 4 is 17.5 Å². The Morgan fingerprint density at radius 2 is 1.77 bits per heavy atom. The van der Waals surface area contributed by atoms with Gasteiger partial charge in [-0.1, -0.05) is 0 Å². The number of hydrogen-bond donors (Lipinski definition) is 2. The molecule has 1 heterocycles. The lowest BCUT2D eigenvalue weighted by atomic mass is 9.95. The number of nitrogens with zero attached hydrogens (tertiary/aromatic N) is 1. The van der Waals surface area contributed by atoms with Crippen LogP contribution in [-0.4, -0.2) is 23.9 Å². The summed E-state index contributed by atoms with van der Waals surface area (Å²) in [5, 5.41) is 2.49. The average molecular weight is 433 g/mol. The number of pyridine rings is 1. The molecule has 2 amide bonds. The Kier molecular flexibility index (Phi) is 5.91. The average Bonchev–Trinajstić information content (AvgIpc) is 2.72. The molecule has 3 N–H and O–H groups in total. The third-order valence-electron chi connectivity index (χ3n) is 4.32. The van der Waals surface area contributed by atoms with E-state index in [1.165, 1.54) is 31.5 Å². The molecule has 0 fully saturated rings. The Hall–Kier alpha value is -3.95. The van der Waals surface area contributed by atoms with Gasteiger partial charge in [0.25, 0.3) is 11.8 Å². The van der Waals surface area contributed by atoms with E-state index in [1.54, 1.807) is 0 Å². The first-order valence-electron chi connectivity index (χ1n) is 8.72. The largest absolute Gasteiger partial charge is 0.496 e. The maximum Gasteiger partial charge on any atom is 0.416 e. The number of primary amides is 1. The number of halogens is 4. The zero-order valence-corrected chi connectivity index (χ0v) is 16.0. The second-order valence-electron chi connectivity index (χ2n) is 6.35. The highest BCUT2D eigenvalue weighted by molar-refractivity contribution is 6.09. The predicted octanol–water partition coefficient (Wildman–Crippen LogP) is 4.27. The molecule has 3 rings (SSSR count). The first kappa shape index (κ1) is 21.8. The number of anilines is 1. The maximum absolute atomic E-state index is 13.6. The van der Waals surface area contributed by atoms with Crippen molar-refractivity contribution in [2.75, 3.05) is 12.4 Å². The van der Waals surface area contributed by atoms with Gasteiger partial charge in [0.05, 0.1) is 12.7 Å². The molecule has 0 bridgehead atoms. The van der Waals surface area contributed by atoms with Gasteiger partial charge in [-0.2, -0.15) is 13.2 Å². The van der Waals surface area contributed by atoms with Crippen LogP contribution in [0.2, 0.25) is 0 Å². The van der Waals surface area contributed by atoms with Crippen LogP contribution in [0.1, 0.15) is 26.4 Å². The number of hydrogen-bond acceptors (Lipinski definition) is 4. The Bertz CT molecular complexity index is 1160. The quantitative estimate of drug-likeness (QED) is 0.588. The third-order valence-corrected chi connectivity index (χ3v) is 4.32. The van der Waals surface area contributed by atoms with Gasteiger partial charge >= 0.3 is 6.18 Å². The Morgan fingerprint density at radius 3 is 2.42 bits per heavy atom. The molecule has 2 aromatic carbocycles. The van der Waals surface area contributed by atoms with Crippen molar-refractivity contribution in [2.45, 2.75) is 6.18 Å². The van der Waals surface area contributed by atoms with E-state index < -0.39 is 29.4 Å². The summed E-state index contributed by atoms with van der Waals surface area (Å²) in [6, 6.07) is 8.42. The zero-order chi connectivity index (χ0) is 22.8. The summed E-state index contributed by atoms with van der Waals surface area (Å²) < 4.78 is 58.5. The summed E-state index contributed by atoms with van der Waals surface area (Å²) in [4.78, 5) is 27.9. The molecule has 31 heavy (non-hydrogen) atoms. The summed E-state index contributed by atoms with van der Waals surface area (Å²) in [5.41, 5.74) is 4.06. The lowest BCUT2D eigenvalue weighted by Gasteiger charge is -2.16. The number of benzene rings is 2. The molecule has 160 valence electrons. The standard InChI is InChI=1S/C21H15F4N3O3/c1-31-18-9-12(22)3-5-14(18)16-8-11(21(23,24)25)2-4-15(16)20(30)28-13-6-7-27-17(10-13)19(26)29/h2-10H,1H3,(H2,26,29)(H,27,28,30). The fraction of sp³-hybridized carbons (Fsp3) is 0.0952. The van der Waals surface area contributed by atoms with Gasteiger partial charge in [0, 0.05) is 29.1 Å². The second-order valence-corrected chi connectivity index (χ2v) is 6.35. The molecule has 6 nitrogen and oxygen atoms in total. The summed E-state index contributed by atoms with van der Waals surface area (Å²) >= 11 is 0. The molecule has 1 aromatic heterocycles. The predicted molar refractivity (Wildman–Crippen MR) is 104 cm³/mol. The molecular formula is C21H15F4N3O3. The molecule has 0 aliphatic heterocycles. The first-order chi connectivity index (χ1) is 14.6. The van der Waals surface area contributed by atoms with Gasteiger partial charge in [-0.25, -0.2) is 4.39 Å². The van der Waals surface area contributed by atoms with Gasteiger partial charge in [0.1, 0.15) is 17.3 Å². The Labute approximate surface area is 173 Å². The molecule has 0 spiro atoms. The van der Waals surface area contributed by atoms with Crippen LogP contribution in [0, 0.1) is 5.82 Å². The molecule has 0 atom stereocenters. The van der Waals surface area contributed by atoms with Crippen LogP contribution < -0.4 is 15.8 Å². The van der Waals surface area contributed by atoms with Crippen molar-refractivity contribution in [3.63, 3.8) is 0 Å². The maximum atomic E-state index is 13.6. The molecule has 3 aromatic rings. The third kappa shape index (κ3) is 4.80. The molecule has 0 aliphatic carbocycles. The number of nitrogens with one attached hydrogen (secondary N) is 1. The summed E-state index contributed by atoms with van der Waals surface area (Å²) in [7, 11) is 1.23. The molecule has 0 saturated carbocycles. The zero-order valence-electron chi connectivity index (χ0n) is 16.0. The van der Waals surface area contributed by atoms with Gasteiger partial charge < -0.3 is 15.8 Å². The number of ether oxygens (including phenoxy) is 1. The number of rotatable bonds is 5. The van der Waals surface area contributed by atoms with E-state index in [1.807, 2.05) is 0 Å². The van der Waals surface area contributed by atoms with Crippen molar-refractivity contribution in [3.8, 4) is 16.9 Å². The van der Waals surface area contributed by atoms with Crippen LogP contribution in [0.5, 0.6) is 5.75 Å². The van der Waals surface area contributed by atoms with Crippen LogP contribution in [0.3, 0.4) is 0 Å². The van der Waals surface area contributed by atoms with Crippen LogP contribution >= 0.6 is 0 Å². The smallest absolute Gasteiger partial charge is 0.416 e. The first-order valence-corrected chi connectivity index (χ1v) is 8.72. The minimum Gasteiger partial charge on any atom is -0.496 e. The number of nitrogens with two attached hydrogens (primary N) is 1.